The van der Waals surface area contributed by atoms with Crippen LogP contribution in [0.25, 0.3) is 0 Å². The standard InChI is InChI=1S/C19H26FN5OS/c1-13(18(26)22-16-9-5-8-15(20)12-16)27-19-24-23-17(25(19)21)11-10-14-6-3-2-4-7-14/h5,8-9,12-14H,2-4,6-7,10-11,21H2,1H3,(H,22,26)/t13-/m1/s1. The van der Waals surface area contributed by atoms with Gasteiger partial charge in [0.2, 0.25) is 11.1 Å². The molecule has 1 aliphatic rings. The third kappa shape index (κ3) is 5.45. The van der Waals surface area contributed by atoms with Crippen molar-refractivity contribution in [3.8, 4) is 0 Å². The Balaban J connectivity index is 1.53. The number of nitrogen functional groups attached to an aromatic ring is 1. The largest absolute Gasteiger partial charge is 0.336 e. The van der Waals surface area contributed by atoms with Gasteiger partial charge in [0.15, 0.2) is 5.82 Å². The van der Waals surface area contributed by atoms with Crippen LogP contribution in [-0.2, 0) is 11.2 Å². The zero-order valence-corrected chi connectivity index (χ0v) is 16.3. The van der Waals surface area contributed by atoms with Crippen LogP contribution in [0.5, 0.6) is 0 Å². The fraction of sp³-hybridized carbons (Fsp3) is 0.526. The van der Waals surface area contributed by atoms with Gasteiger partial charge in [0.1, 0.15) is 5.82 Å². The number of amides is 1. The first kappa shape index (κ1) is 19.7. The number of thioether (sulfide) groups is 1. The number of nitrogens with one attached hydrogen (secondary N) is 1. The minimum atomic E-state index is -0.439. The van der Waals surface area contributed by atoms with Crippen molar-refractivity contribution < 1.29 is 9.18 Å². The summed E-state index contributed by atoms with van der Waals surface area (Å²) in [5, 5.41) is 11.1. The second kappa shape index (κ2) is 9.21. The quantitative estimate of drug-likeness (QED) is 0.554. The molecule has 1 aliphatic carbocycles. The molecule has 1 atom stereocenters. The molecule has 1 amide bonds. The molecule has 0 radical (unpaired) electrons. The summed E-state index contributed by atoms with van der Waals surface area (Å²) in [6, 6.07) is 5.81. The number of aryl methyl sites for hydroxylation is 1. The predicted molar refractivity (Wildman–Crippen MR) is 105 cm³/mol. The molecule has 1 heterocycles. The molecule has 27 heavy (non-hydrogen) atoms. The molecule has 1 saturated carbocycles. The normalized spacial score (nSPS) is 16.2. The molecule has 1 aromatic carbocycles. The van der Waals surface area contributed by atoms with Gasteiger partial charge in [-0.1, -0.05) is 49.9 Å². The molecular weight excluding hydrogens is 365 g/mol. The number of halogens is 1. The lowest BCUT2D eigenvalue weighted by Crippen LogP contribution is -2.24. The van der Waals surface area contributed by atoms with E-state index in [1.807, 2.05) is 0 Å². The Morgan fingerprint density at radius 3 is 2.89 bits per heavy atom. The molecule has 0 spiro atoms. The number of hydrogen-bond acceptors (Lipinski definition) is 5. The molecule has 146 valence electrons. The lowest BCUT2D eigenvalue weighted by molar-refractivity contribution is -0.115. The van der Waals surface area contributed by atoms with Crippen LogP contribution in [0, 0.1) is 11.7 Å². The van der Waals surface area contributed by atoms with Crippen LogP contribution in [0.4, 0.5) is 10.1 Å². The maximum absolute atomic E-state index is 13.2. The van der Waals surface area contributed by atoms with E-state index >= 15 is 0 Å². The van der Waals surface area contributed by atoms with Gasteiger partial charge in [-0.15, -0.1) is 10.2 Å². The second-order valence-electron chi connectivity index (χ2n) is 7.07. The van der Waals surface area contributed by atoms with Crippen molar-refractivity contribution in [3.63, 3.8) is 0 Å². The minimum absolute atomic E-state index is 0.239. The van der Waals surface area contributed by atoms with Crippen molar-refractivity contribution in [2.24, 2.45) is 5.92 Å². The molecule has 1 aromatic heterocycles. The SMILES string of the molecule is C[C@@H](Sc1nnc(CCC2CCCCC2)n1N)C(=O)Nc1cccc(F)c1. The van der Waals surface area contributed by atoms with Crippen molar-refractivity contribution >= 4 is 23.4 Å². The molecule has 3 rings (SSSR count). The molecule has 8 heteroatoms. The fourth-order valence-electron chi connectivity index (χ4n) is 3.39. The number of aromatic nitrogens is 3. The van der Waals surface area contributed by atoms with E-state index in [0.717, 1.165) is 24.6 Å². The summed E-state index contributed by atoms with van der Waals surface area (Å²) >= 11 is 1.24. The Kier molecular flexibility index (Phi) is 6.71. The topological polar surface area (TPSA) is 85.8 Å². The van der Waals surface area contributed by atoms with Crippen molar-refractivity contribution in [3.05, 3.63) is 35.9 Å². The van der Waals surface area contributed by atoms with E-state index in [4.69, 9.17) is 5.84 Å². The smallest absolute Gasteiger partial charge is 0.237 e. The predicted octanol–water partition coefficient (Wildman–Crippen LogP) is 3.76. The minimum Gasteiger partial charge on any atom is -0.336 e. The van der Waals surface area contributed by atoms with E-state index in [9.17, 15) is 9.18 Å². The third-order valence-corrected chi connectivity index (χ3v) is 6.04. The van der Waals surface area contributed by atoms with E-state index in [1.165, 1.54) is 60.7 Å². The van der Waals surface area contributed by atoms with Gasteiger partial charge in [-0.2, -0.15) is 0 Å². The lowest BCUT2D eigenvalue weighted by Gasteiger charge is -2.20. The number of carbonyl (C=O) groups excluding carboxylic acids is 1. The van der Waals surface area contributed by atoms with E-state index in [0.29, 0.717) is 10.8 Å². The number of nitrogens with zero attached hydrogens (tertiary/aromatic N) is 3. The first-order valence-electron chi connectivity index (χ1n) is 9.45. The first-order valence-corrected chi connectivity index (χ1v) is 10.3. The summed E-state index contributed by atoms with van der Waals surface area (Å²) in [6.07, 6.45) is 8.45. The highest BCUT2D eigenvalue weighted by atomic mass is 32.2. The van der Waals surface area contributed by atoms with Crippen LogP contribution in [0.2, 0.25) is 0 Å². The van der Waals surface area contributed by atoms with Crippen LogP contribution >= 0.6 is 11.8 Å². The molecular formula is C19H26FN5OS. The van der Waals surface area contributed by atoms with Crippen LogP contribution < -0.4 is 11.2 Å². The number of rotatable bonds is 7. The van der Waals surface area contributed by atoms with Gasteiger partial charge in [0, 0.05) is 12.1 Å². The van der Waals surface area contributed by atoms with Gasteiger partial charge in [-0.05, 0) is 37.5 Å². The number of benzene rings is 1. The van der Waals surface area contributed by atoms with Crippen LogP contribution in [0.15, 0.2) is 29.4 Å². The molecule has 0 bridgehead atoms. The van der Waals surface area contributed by atoms with Crippen molar-refractivity contribution in [1.82, 2.24) is 14.9 Å². The number of carbonyl (C=O) groups is 1. The Morgan fingerprint density at radius 2 is 2.15 bits per heavy atom. The average Bonchev–Trinajstić information content (AvgIpc) is 3.00. The summed E-state index contributed by atoms with van der Waals surface area (Å²) in [6.45, 7) is 1.76. The maximum Gasteiger partial charge on any atom is 0.237 e. The monoisotopic (exact) mass is 391 g/mol. The summed E-state index contributed by atoms with van der Waals surface area (Å²) in [5.41, 5.74) is 0.426. The Bertz CT molecular complexity index is 775. The van der Waals surface area contributed by atoms with Gasteiger partial charge in [0.25, 0.3) is 0 Å². The molecule has 2 aromatic rings. The van der Waals surface area contributed by atoms with Crippen LogP contribution in [0.3, 0.4) is 0 Å². The maximum atomic E-state index is 13.2. The average molecular weight is 392 g/mol. The van der Waals surface area contributed by atoms with Crippen molar-refractivity contribution in [1.29, 1.82) is 0 Å². The van der Waals surface area contributed by atoms with Crippen molar-refractivity contribution in [2.75, 3.05) is 11.2 Å². The van der Waals surface area contributed by atoms with Gasteiger partial charge >= 0.3 is 0 Å². The second-order valence-corrected chi connectivity index (χ2v) is 8.38. The van der Waals surface area contributed by atoms with E-state index in [1.54, 1.807) is 19.1 Å². The Labute approximate surface area is 163 Å². The van der Waals surface area contributed by atoms with Gasteiger partial charge in [-0.25, -0.2) is 9.07 Å². The molecule has 6 nitrogen and oxygen atoms in total. The van der Waals surface area contributed by atoms with E-state index in [2.05, 4.69) is 15.5 Å². The van der Waals surface area contributed by atoms with Gasteiger partial charge in [0.05, 0.1) is 5.25 Å². The number of nitrogens with two attached hydrogens (primary N) is 1. The third-order valence-electron chi connectivity index (χ3n) is 4.98. The van der Waals surface area contributed by atoms with E-state index in [-0.39, 0.29) is 5.91 Å². The molecule has 0 saturated heterocycles. The number of anilines is 1. The lowest BCUT2D eigenvalue weighted by atomic mass is 9.86. The molecule has 1 fully saturated rings. The Hall–Kier alpha value is -2.09. The fourth-order valence-corrected chi connectivity index (χ4v) is 4.18. The molecule has 0 aliphatic heterocycles. The highest BCUT2D eigenvalue weighted by Crippen LogP contribution is 2.28. The summed E-state index contributed by atoms with van der Waals surface area (Å²) in [7, 11) is 0. The summed E-state index contributed by atoms with van der Waals surface area (Å²) < 4.78 is 14.7. The zero-order chi connectivity index (χ0) is 19.2. The van der Waals surface area contributed by atoms with Crippen molar-refractivity contribution in [2.45, 2.75) is 62.3 Å². The molecule has 0 unspecified atom stereocenters. The Morgan fingerprint density at radius 1 is 1.37 bits per heavy atom. The van der Waals surface area contributed by atoms with Gasteiger partial charge < -0.3 is 11.2 Å². The summed E-state index contributed by atoms with van der Waals surface area (Å²) in [5.74, 6) is 7.00. The van der Waals surface area contributed by atoms with E-state index < -0.39 is 11.1 Å². The first-order chi connectivity index (χ1) is 13.0. The number of hydrogen-bond donors (Lipinski definition) is 2. The summed E-state index contributed by atoms with van der Waals surface area (Å²) in [4.78, 5) is 12.3. The van der Waals surface area contributed by atoms with Crippen LogP contribution in [0.1, 0.15) is 51.3 Å². The zero-order valence-electron chi connectivity index (χ0n) is 15.5. The highest BCUT2D eigenvalue weighted by Gasteiger charge is 2.20. The van der Waals surface area contributed by atoms with Gasteiger partial charge in [-0.3, -0.25) is 4.79 Å². The molecule has 3 N–H and O–H groups in total. The highest BCUT2D eigenvalue weighted by molar-refractivity contribution is 8.00. The van der Waals surface area contributed by atoms with Crippen LogP contribution in [-0.4, -0.2) is 26.0 Å².